The zero-order valence-corrected chi connectivity index (χ0v) is 18.3. The number of nitrogens with zero attached hydrogens (tertiary/aromatic N) is 4. The molecule has 2 amide bonds. The van der Waals surface area contributed by atoms with E-state index in [4.69, 9.17) is 4.74 Å². The van der Waals surface area contributed by atoms with Crippen LogP contribution in [0.5, 0.6) is 5.75 Å². The number of aliphatic hydroxyl groups excluding tert-OH is 1. The highest BCUT2D eigenvalue weighted by Crippen LogP contribution is 2.25. The second kappa shape index (κ2) is 11.6. The van der Waals surface area contributed by atoms with Crippen molar-refractivity contribution in [2.75, 3.05) is 32.9 Å². The van der Waals surface area contributed by atoms with E-state index in [1.54, 1.807) is 23.1 Å². The standard InChI is InChI=1S/C22H30FN5O4/c1-2-24-21(30)16-7-8-19(20(13-16)32-12-6-4-3-5-10-23)28-15-18(25-26-28)22(31)27-11-9-17(29)14-27/h7-8,13,15,17,29H,2-6,9-12,14H2,1H3,(H,24,30). The van der Waals surface area contributed by atoms with Crippen molar-refractivity contribution in [3.63, 3.8) is 0 Å². The van der Waals surface area contributed by atoms with E-state index in [0.717, 1.165) is 19.3 Å². The molecule has 2 N–H and O–H groups in total. The van der Waals surface area contributed by atoms with Gasteiger partial charge in [0.2, 0.25) is 0 Å². The zero-order valence-electron chi connectivity index (χ0n) is 18.3. The molecule has 2 heterocycles. The van der Waals surface area contributed by atoms with Crippen molar-refractivity contribution in [1.29, 1.82) is 0 Å². The number of alkyl halides is 1. The van der Waals surface area contributed by atoms with Crippen LogP contribution in [0.1, 0.15) is 59.9 Å². The monoisotopic (exact) mass is 447 g/mol. The topological polar surface area (TPSA) is 110 Å². The molecule has 1 atom stereocenters. The van der Waals surface area contributed by atoms with Gasteiger partial charge in [0.25, 0.3) is 11.8 Å². The number of carbonyl (C=O) groups excluding carboxylic acids is 2. The number of hydrogen-bond acceptors (Lipinski definition) is 6. The largest absolute Gasteiger partial charge is 0.491 e. The van der Waals surface area contributed by atoms with Gasteiger partial charge in [0.1, 0.15) is 11.4 Å². The lowest BCUT2D eigenvalue weighted by Gasteiger charge is -2.14. The summed E-state index contributed by atoms with van der Waals surface area (Å²) in [5.74, 6) is -0.0595. The number of likely N-dealkylation sites (tertiary alicyclic amines) is 1. The molecule has 1 unspecified atom stereocenters. The molecule has 0 spiro atoms. The van der Waals surface area contributed by atoms with Gasteiger partial charge in [0, 0.05) is 25.2 Å². The van der Waals surface area contributed by atoms with E-state index >= 15 is 0 Å². The molecular weight excluding hydrogens is 417 g/mol. The lowest BCUT2D eigenvalue weighted by Crippen LogP contribution is -2.29. The Morgan fingerprint density at radius 1 is 1.28 bits per heavy atom. The van der Waals surface area contributed by atoms with Crippen molar-refractivity contribution in [2.24, 2.45) is 0 Å². The van der Waals surface area contributed by atoms with E-state index in [9.17, 15) is 19.1 Å². The van der Waals surface area contributed by atoms with E-state index in [2.05, 4.69) is 15.6 Å². The Balaban J connectivity index is 1.77. The normalized spacial score (nSPS) is 15.7. The molecule has 3 rings (SSSR count). The lowest BCUT2D eigenvalue weighted by atomic mass is 10.1. The third-order valence-corrected chi connectivity index (χ3v) is 5.25. The number of halogens is 1. The van der Waals surface area contributed by atoms with Crippen molar-refractivity contribution in [2.45, 2.75) is 45.1 Å². The van der Waals surface area contributed by atoms with E-state index in [-0.39, 0.29) is 30.7 Å². The minimum atomic E-state index is -0.513. The summed E-state index contributed by atoms with van der Waals surface area (Å²) in [4.78, 5) is 26.4. The molecule has 1 aromatic carbocycles. The first-order valence-electron chi connectivity index (χ1n) is 11.0. The van der Waals surface area contributed by atoms with Gasteiger partial charge >= 0.3 is 0 Å². The third-order valence-electron chi connectivity index (χ3n) is 5.25. The fourth-order valence-electron chi connectivity index (χ4n) is 3.52. The van der Waals surface area contributed by atoms with E-state index < -0.39 is 6.10 Å². The number of aliphatic hydroxyl groups is 1. The van der Waals surface area contributed by atoms with Crippen LogP contribution >= 0.6 is 0 Å². The molecule has 0 radical (unpaired) electrons. The summed E-state index contributed by atoms with van der Waals surface area (Å²) >= 11 is 0. The number of carbonyl (C=O) groups is 2. The summed E-state index contributed by atoms with van der Waals surface area (Å²) in [6.45, 7) is 3.20. The molecule has 10 heteroatoms. The molecule has 174 valence electrons. The highest BCUT2D eigenvalue weighted by atomic mass is 19.1. The van der Waals surface area contributed by atoms with Crippen molar-refractivity contribution in [3.8, 4) is 11.4 Å². The minimum absolute atomic E-state index is 0.170. The van der Waals surface area contributed by atoms with Crippen LogP contribution in [0.3, 0.4) is 0 Å². The van der Waals surface area contributed by atoms with Gasteiger partial charge in [-0.05, 0) is 50.8 Å². The van der Waals surface area contributed by atoms with Crippen LogP contribution in [-0.4, -0.2) is 75.8 Å². The minimum Gasteiger partial charge on any atom is -0.491 e. The van der Waals surface area contributed by atoms with Crippen LogP contribution in [0.4, 0.5) is 4.39 Å². The predicted molar refractivity (Wildman–Crippen MR) is 116 cm³/mol. The molecule has 32 heavy (non-hydrogen) atoms. The Morgan fingerprint density at radius 3 is 2.81 bits per heavy atom. The van der Waals surface area contributed by atoms with Gasteiger partial charge in [0.05, 0.1) is 25.6 Å². The average molecular weight is 448 g/mol. The van der Waals surface area contributed by atoms with Crippen LogP contribution in [0.2, 0.25) is 0 Å². The summed E-state index contributed by atoms with van der Waals surface area (Å²) < 4.78 is 19.6. The Kier molecular flexibility index (Phi) is 8.55. The van der Waals surface area contributed by atoms with E-state index in [0.29, 0.717) is 49.5 Å². The first-order chi connectivity index (χ1) is 15.5. The molecular formula is C22H30FN5O4. The molecule has 0 bridgehead atoms. The summed E-state index contributed by atoms with van der Waals surface area (Å²) in [6, 6.07) is 5.00. The van der Waals surface area contributed by atoms with Gasteiger partial charge in [-0.3, -0.25) is 14.0 Å². The summed E-state index contributed by atoms with van der Waals surface area (Å²) in [5, 5.41) is 20.5. The number of ether oxygens (including phenoxy) is 1. The smallest absolute Gasteiger partial charge is 0.276 e. The SMILES string of the molecule is CCNC(=O)c1ccc(-n2cc(C(=O)N3CCC(O)C3)nn2)c(OCCCCCCF)c1. The van der Waals surface area contributed by atoms with Gasteiger partial charge in [-0.25, -0.2) is 4.68 Å². The average Bonchev–Trinajstić information content (AvgIpc) is 3.45. The van der Waals surface area contributed by atoms with Gasteiger partial charge in [-0.1, -0.05) is 11.6 Å². The predicted octanol–water partition coefficient (Wildman–Crippen LogP) is 2.13. The highest BCUT2D eigenvalue weighted by Gasteiger charge is 2.27. The van der Waals surface area contributed by atoms with Crippen molar-refractivity contribution in [1.82, 2.24) is 25.2 Å². The maximum Gasteiger partial charge on any atom is 0.276 e. The quantitative estimate of drug-likeness (QED) is 0.511. The van der Waals surface area contributed by atoms with Crippen LogP contribution in [-0.2, 0) is 0 Å². The summed E-state index contributed by atoms with van der Waals surface area (Å²) in [7, 11) is 0. The van der Waals surface area contributed by atoms with Crippen LogP contribution < -0.4 is 10.1 Å². The number of hydrogen-bond donors (Lipinski definition) is 2. The summed E-state index contributed by atoms with van der Waals surface area (Å²) in [6.07, 6.45) is 4.49. The first-order valence-corrected chi connectivity index (χ1v) is 11.0. The second-order valence-electron chi connectivity index (χ2n) is 7.74. The van der Waals surface area contributed by atoms with E-state index in [1.165, 1.54) is 10.9 Å². The zero-order chi connectivity index (χ0) is 22.9. The van der Waals surface area contributed by atoms with Gasteiger partial charge < -0.3 is 20.1 Å². The van der Waals surface area contributed by atoms with Gasteiger partial charge in [-0.15, -0.1) is 5.10 Å². The molecule has 0 saturated carbocycles. The van der Waals surface area contributed by atoms with Crippen LogP contribution in [0.15, 0.2) is 24.4 Å². The van der Waals surface area contributed by atoms with Crippen LogP contribution in [0, 0.1) is 0 Å². The van der Waals surface area contributed by atoms with Crippen LogP contribution in [0.25, 0.3) is 5.69 Å². The maximum absolute atomic E-state index is 12.6. The number of rotatable bonds is 11. The third kappa shape index (κ3) is 6.03. The number of aromatic nitrogens is 3. The van der Waals surface area contributed by atoms with Crippen molar-refractivity contribution < 1.29 is 23.8 Å². The molecule has 9 nitrogen and oxygen atoms in total. The van der Waals surface area contributed by atoms with Crippen molar-refractivity contribution in [3.05, 3.63) is 35.7 Å². The number of nitrogens with one attached hydrogen (secondary N) is 1. The number of unbranched alkanes of at least 4 members (excludes halogenated alkanes) is 3. The Hall–Kier alpha value is -3.01. The second-order valence-corrected chi connectivity index (χ2v) is 7.74. The Labute approximate surface area is 186 Å². The lowest BCUT2D eigenvalue weighted by molar-refractivity contribution is 0.0759. The Bertz CT molecular complexity index is 919. The molecule has 1 fully saturated rings. The number of benzene rings is 1. The molecule has 0 aliphatic carbocycles. The van der Waals surface area contributed by atoms with Gasteiger partial charge in [0.15, 0.2) is 5.69 Å². The Morgan fingerprint density at radius 2 is 2.09 bits per heavy atom. The summed E-state index contributed by atoms with van der Waals surface area (Å²) in [5.41, 5.74) is 1.17. The van der Waals surface area contributed by atoms with E-state index in [1.807, 2.05) is 6.92 Å². The van der Waals surface area contributed by atoms with Crippen molar-refractivity contribution >= 4 is 11.8 Å². The van der Waals surface area contributed by atoms with Gasteiger partial charge in [-0.2, -0.15) is 0 Å². The molecule has 1 saturated heterocycles. The molecule has 1 aliphatic heterocycles. The molecule has 1 aromatic heterocycles. The number of β-amino-alcohol motifs (C(OH)–C–C–N with tert-alkyl or cyclic N) is 1. The maximum atomic E-state index is 12.6. The fourth-order valence-corrected chi connectivity index (χ4v) is 3.52. The molecule has 2 aromatic rings. The highest BCUT2D eigenvalue weighted by molar-refractivity contribution is 5.95. The first kappa shape index (κ1) is 23.6. The molecule has 1 aliphatic rings. The fraction of sp³-hybridized carbons (Fsp3) is 0.545. The number of amides is 2.